The molecule has 0 heterocycles. The van der Waals surface area contributed by atoms with Crippen LogP contribution in [0.4, 0.5) is 0 Å². The van der Waals surface area contributed by atoms with Gasteiger partial charge in [0.15, 0.2) is 0 Å². The third-order valence-electron chi connectivity index (χ3n) is 2.00. The highest BCUT2D eigenvalue weighted by molar-refractivity contribution is 6.31. The first-order valence-corrected chi connectivity index (χ1v) is 5.53. The molecule has 1 N–H and O–H groups in total. The van der Waals surface area contributed by atoms with Crippen LogP contribution in [0.2, 0.25) is 5.02 Å². The minimum Gasteiger partial charge on any atom is -0.491 e. The highest BCUT2D eigenvalue weighted by Crippen LogP contribution is 2.24. The fourth-order valence-corrected chi connectivity index (χ4v) is 1.58. The number of halogens is 1. The number of carbonyl (C=O) groups is 1. The molecule has 0 fully saturated rings. The molecular weight excluding hydrogens is 228 g/mol. The first-order valence-electron chi connectivity index (χ1n) is 5.16. The van der Waals surface area contributed by atoms with Crippen molar-refractivity contribution in [2.45, 2.75) is 32.8 Å². The van der Waals surface area contributed by atoms with Crippen LogP contribution >= 0.6 is 11.6 Å². The Morgan fingerprint density at radius 3 is 2.69 bits per heavy atom. The van der Waals surface area contributed by atoms with Crippen LogP contribution in [0.15, 0.2) is 18.2 Å². The Morgan fingerprint density at radius 1 is 1.50 bits per heavy atom. The van der Waals surface area contributed by atoms with E-state index in [4.69, 9.17) is 21.4 Å². The van der Waals surface area contributed by atoms with E-state index >= 15 is 0 Å². The molecule has 0 atom stereocenters. The van der Waals surface area contributed by atoms with E-state index in [0.29, 0.717) is 17.2 Å². The van der Waals surface area contributed by atoms with Gasteiger partial charge >= 0.3 is 5.97 Å². The van der Waals surface area contributed by atoms with Crippen molar-refractivity contribution < 1.29 is 14.6 Å². The van der Waals surface area contributed by atoms with Crippen molar-refractivity contribution in [2.24, 2.45) is 0 Å². The Balaban J connectivity index is 2.71. The van der Waals surface area contributed by atoms with Gasteiger partial charge in [0.25, 0.3) is 0 Å². The lowest BCUT2D eigenvalue weighted by molar-refractivity contribution is -0.136. The number of aliphatic carboxylic acids is 1. The van der Waals surface area contributed by atoms with E-state index in [1.165, 1.54) is 0 Å². The van der Waals surface area contributed by atoms with Crippen LogP contribution in [0.1, 0.15) is 25.8 Å². The monoisotopic (exact) mass is 242 g/mol. The van der Waals surface area contributed by atoms with Gasteiger partial charge in [-0.15, -0.1) is 0 Å². The zero-order valence-corrected chi connectivity index (χ0v) is 10.1. The second-order valence-corrected chi connectivity index (χ2v) is 4.22. The van der Waals surface area contributed by atoms with Gasteiger partial charge in [0.2, 0.25) is 0 Å². The van der Waals surface area contributed by atoms with Crippen molar-refractivity contribution >= 4 is 17.6 Å². The third-order valence-corrected chi connectivity index (χ3v) is 2.36. The average Bonchev–Trinajstić information content (AvgIpc) is 2.15. The average molecular weight is 243 g/mol. The Morgan fingerprint density at radius 2 is 2.19 bits per heavy atom. The second kappa shape index (κ2) is 5.75. The summed E-state index contributed by atoms with van der Waals surface area (Å²) < 4.78 is 5.47. The molecule has 0 aliphatic carbocycles. The maximum absolute atomic E-state index is 10.4. The molecule has 0 radical (unpaired) electrons. The zero-order chi connectivity index (χ0) is 12.1. The summed E-state index contributed by atoms with van der Waals surface area (Å²) in [6.45, 7) is 3.87. The highest BCUT2D eigenvalue weighted by Gasteiger charge is 2.06. The van der Waals surface area contributed by atoms with Crippen molar-refractivity contribution in [3.05, 3.63) is 28.8 Å². The summed E-state index contributed by atoms with van der Waals surface area (Å²) >= 11 is 6.02. The van der Waals surface area contributed by atoms with Crippen molar-refractivity contribution in [3.8, 4) is 5.75 Å². The van der Waals surface area contributed by atoms with E-state index in [2.05, 4.69) is 0 Å². The molecule has 0 saturated carbocycles. The van der Waals surface area contributed by atoms with Crippen LogP contribution in [-0.4, -0.2) is 17.2 Å². The molecule has 0 aliphatic heterocycles. The summed E-state index contributed by atoms with van der Waals surface area (Å²) in [4.78, 5) is 10.4. The quantitative estimate of drug-likeness (QED) is 0.863. The van der Waals surface area contributed by atoms with Crippen LogP contribution in [0.5, 0.6) is 5.75 Å². The van der Waals surface area contributed by atoms with Crippen molar-refractivity contribution in [1.29, 1.82) is 0 Å². The van der Waals surface area contributed by atoms with Gasteiger partial charge in [0.05, 0.1) is 6.10 Å². The van der Waals surface area contributed by atoms with Gasteiger partial charge in [-0.1, -0.05) is 17.7 Å². The fourth-order valence-electron chi connectivity index (χ4n) is 1.32. The number of benzene rings is 1. The molecule has 4 heteroatoms. The van der Waals surface area contributed by atoms with Crippen molar-refractivity contribution in [3.63, 3.8) is 0 Å². The molecule has 88 valence electrons. The Hall–Kier alpha value is -1.22. The van der Waals surface area contributed by atoms with Gasteiger partial charge in [0, 0.05) is 11.4 Å². The Kier molecular flexibility index (Phi) is 4.62. The van der Waals surface area contributed by atoms with Gasteiger partial charge in [-0.3, -0.25) is 4.79 Å². The standard InChI is InChI=1S/C12H15ClO3/c1-8(2)16-10-5-3-9(11(13)7-10)4-6-12(14)15/h3,5,7-8H,4,6H2,1-2H3,(H,14,15). The zero-order valence-electron chi connectivity index (χ0n) is 9.37. The summed E-state index contributed by atoms with van der Waals surface area (Å²) in [6.07, 6.45) is 0.626. The van der Waals surface area contributed by atoms with Crippen LogP contribution in [0.3, 0.4) is 0 Å². The molecule has 0 spiro atoms. The van der Waals surface area contributed by atoms with Crippen molar-refractivity contribution in [1.82, 2.24) is 0 Å². The molecule has 0 saturated heterocycles. The SMILES string of the molecule is CC(C)Oc1ccc(CCC(=O)O)c(Cl)c1. The minimum atomic E-state index is -0.821. The van der Waals surface area contributed by atoms with Gasteiger partial charge in [-0.2, -0.15) is 0 Å². The van der Waals surface area contributed by atoms with Gasteiger partial charge in [-0.25, -0.2) is 0 Å². The predicted molar refractivity (Wildman–Crippen MR) is 63.2 cm³/mol. The molecule has 0 aromatic heterocycles. The van der Waals surface area contributed by atoms with E-state index in [0.717, 1.165) is 5.56 Å². The molecule has 1 aromatic rings. The molecule has 1 rings (SSSR count). The van der Waals surface area contributed by atoms with Gasteiger partial charge in [0.1, 0.15) is 5.75 Å². The summed E-state index contributed by atoms with van der Waals surface area (Å²) in [5.74, 6) is -0.113. The summed E-state index contributed by atoms with van der Waals surface area (Å²) in [5.41, 5.74) is 0.833. The molecule has 3 nitrogen and oxygen atoms in total. The summed E-state index contributed by atoms with van der Waals surface area (Å²) in [7, 11) is 0. The van der Waals surface area contributed by atoms with E-state index < -0.39 is 5.97 Å². The molecule has 0 bridgehead atoms. The number of rotatable bonds is 5. The smallest absolute Gasteiger partial charge is 0.303 e. The minimum absolute atomic E-state index is 0.0874. The maximum atomic E-state index is 10.4. The van der Waals surface area contributed by atoms with Crippen LogP contribution in [0, 0.1) is 0 Å². The molecule has 0 aliphatic rings. The molecule has 16 heavy (non-hydrogen) atoms. The Bertz CT molecular complexity index is 375. The number of carboxylic acids is 1. The largest absolute Gasteiger partial charge is 0.491 e. The number of carboxylic acid groups (broad SMARTS) is 1. The lowest BCUT2D eigenvalue weighted by Crippen LogP contribution is -2.05. The van der Waals surface area contributed by atoms with E-state index in [1.54, 1.807) is 6.07 Å². The van der Waals surface area contributed by atoms with Crippen molar-refractivity contribution in [2.75, 3.05) is 0 Å². The highest BCUT2D eigenvalue weighted by atomic mass is 35.5. The third kappa shape index (κ3) is 4.11. The van der Waals surface area contributed by atoms with Crippen LogP contribution in [0.25, 0.3) is 0 Å². The first kappa shape index (κ1) is 12.8. The lowest BCUT2D eigenvalue weighted by Gasteiger charge is -2.11. The first-order chi connectivity index (χ1) is 7.49. The number of hydrogen-bond acceptors (Lipinski definition) is 2. The van der Waals surface area contributed by atoms with Crippen LogP contribution < -0.4 is 4.74 Å². The van der Waals surface area contributed by atoms with E-state index in [-0.39, 0.29) is 12.5 Å². The summed E-state index contributed by atoms with van der Waals surface area (Å²) in [5, 5.41) is 9.13. The number of hydrogen-bond donors (Lipinski definition) is 1. The second-order valence-electron chi connectivity index (χ2n) is 3.81. The number of ether oxygens (including phenoxy) is 1. The van der Waals surface area contributed by atoms with E-state index in [9.17, 15) is 4.79 Å². The summed E-state index contributed by atoms with van der Waals surface area (Å²) in [6, 6.07) is 5.34. The molecule has 0 unspecified atom stereocenters. The van der Waals surface area contributed by atoms with Gasteiger partial charge in [-0.05, 0) is 38.0 Å². The van der Waals surface area contributed by atoms with Crippen LogP contribution in [-0.2, 0) is 11.2 Å². The lowest BCUT2D eigenvalue weighted by atomic mass is 10.1. The molecular formula is C12H15ClO3. The predicted octanol–water partition coefficient (Wildman–Crippen LogP) is 3.14. The molecule has 1 aromatic carbocycles. The fraction of sp³-hybridized carbons (Fsp3) is 0.417. The number of aryl methyl sites for hydroxylation is 1. The maximum Gasteiger partial charge on any atom is 0.303 e. The van der Waals surface area contributed by atoms with Gasteiger partial charge < -0.3 is 9.84 Å². The molecule has 0 amide bonds. The topological polar surface area (TPSA) is 46.5 Å². The normalized spacial score (nSPS) is 10.5. The Labute approximate surface area is 100.0 Å². The van der Waals surface area contributed by atoms with E-state index in [1.807, 2.05) is 26.0 Å².